The average molecular weight is 280 g/mol. The molecule has 0 bridgehead atoms. The summed E-state index contributed by atoms with van der Waals surface area (Å²) in [4.78, 5) is 0. The number of nitrogens with two attached hydrogens (primary N) is 1. The highest BCUT2D eigenvalue weighted by atomic mass is 35.5. The number of hydrogen-bond acceptors (Lipinski definition) is 2. The third-order valence-electron chi connectivity index (χ3n) is 4.75. The van der Waals surface area contributed by atoms with Crippen molar-refractivity contribution in [3.63, 3.8) is 0 Å². The van der Waals surface area contributed by atoms with Gasteiger partial charge in [-0.15, -0.1) is 0 Å². The molecule has 1 aromatic carbocycles. The van der Waals surface area contributed by atoms with Gasteiger partial charge in [-0.05, 0) is 56.7 Å². The van der Waals surface area contributed by atoms with Crippen LogP contribution >= 0.6 is 11.6 Å². The van der Waals surface area contributed by atoms with E-state index in [9.17, 15) is 0 Å². The zero-order valence-corrected chi connectivity index (χ0v) is 12.5. The second-order valence-corrected chi connectivity index (χ2v) is 6.58. The normalized spacial score (nSPS) is 24.9. The van der Waals surface area contributed by atoms with Gasteiger partial charge in [0.25, 0.3) is 0 Å². The third-order valence-corrected chi connectivity index (χ3v) is 5.33. The summed E-state index contributed by atoms with van der Waals surface area (Å²) in [6, 6.07) is 2.12. The molecule has 1 spiro atoms. The lowest BCUT2D eigenvalue weighted by Crippen LogP contribution is -2.44. The van der Waals surface area contributed by atoms with Crippen molar-refractivity contribution in [2.24, 2.45) is 5.73 Å². The van der Waals surface area contributed by atoms with E-state index in [0.29, 0.717) is 0 Å². The molecule has 1 heterocycles. The number of hydrogen-bond donors (Lipinski definition) is 1. The van der Waals surface area contributed by atoms with E-state index < -0.39 is 0 Å². The van der Waals surface area contributed by atoms with E-state index in [1.54, 1.807) is 0 Å². The minimum absolute atomic E-state index is 0.0165. The third kappa shape index (κ3) is 2.15. The first-order valence-electron chi connectivity index (χ1n) is 7.27. The SMILES string of the molecule is Cc1cc2c(c(C)c1Cl)C(N)CC1(CCCCC1)O2. The Bertz CT molecular complexity index is 506. The molecule has 104 valence electrons. The van der Waals surface area contributed by atoms with Crippen molar-refractivity contribution in [2.75, 3.05) is 0 Å². The van der Waals surface area contributed by atoms with Crippen LogP contribution in [0.15, 0.2) is 6.07 Å². The fraction of sp³-hybridized carbons (Fsp3) is 0.625. The number of halogens is 1. The summed E-state index contributed by atoms with van der Waals surface area (Å²) in [6.07, 6.45) is 7.05. The smallest absolute Gasteiger partial charge is 0.125 e. The Kier molecular flexibility index (Phi) is 3.26. The van der Waals surface area contributed by atoms with E-state index >= 15 is 0 Å². The van der Waals surface area contributed by atoms with Gasteiger partial charge in [-0.25, -0.2) is 0 Å². The second kappa shape index (κ2) is 4.68. The minimum Gasteiger partial charge on any atom is -0.487 e. The molecule has 0 amide bonds. The molecule has 2 aliphatic rings. The molecular formula is C16H22ClNO. The molecule has 1 aliphatic heterocycles. The zero-order valence-electron chi connectivity index (χ0n) is 11.8. The molecule has 1 saturated carbocycles. The van der Waals surface area contributed by atoms with Crippen LogP contribution in [0.5, 0.6) is 5.75 Å². The van der Waals surface area contributed by atoms with E-state index in [1.165, 1.54) is 19.3 Å². The van der Waals surface area contributed by atoms with Crippen LogP contribution in [0.3, 0.4) is 0 Å². The topological polar surface area (TPSA) is 35.2 Å². The lowest BCUT2D eigenvalue weighted by molar-refractivity contribution is 0.00172. The maximum atomic E-state index is 6.43. The van der Waals surface area contributed by atoms with Gasteiger partial charge >= 0.3 is 0 Å². The summed E-state index contributed by atoms with van der Waals surface area (Å²) < 4.78 is 6.41. The summed E-state index contributed by atoms with van der Waals surface area (Å²) in [5.74, 6) is 0.972. The lowest BCUT2D eigenvalue weighted by Gasteiger charge is -2.44. The van der Waals surface area contributed by atoms with Gasteiger partial charge in [0.15, 0.2) is 0 Å². The fourth-order valence-electron chi connectivity index (χ4n) is 3.76. The molecule has 2 nitrogen and oxygen atoms in total. The van der Waals surface area contributed by atoms with Gasteiger partial charge in [0, 0.05) is 23.0 Å². The molecular weight excluding hydrogens is 258 g/mol. The molecule has 0 radical (unpaired) electrons. The predicted octanol–water partition coefficient (Wildman–Crippen LogP) is 4.44. The number of fused-ring (bicyclic) bond motifs is 1. The second-order valence-electron chi connectivity index (χ2n) is 6.20. The molecule has 1 atom stereocenters. The van der Waals surface area contributed by atoms with Crippen molar-refractivity contribution in [1.82, 2.24) is 0 Å². The Balaban J connectivity index is 2.04. The van der Waals surface area contributed by atoms with Gasteiger partial charge < -0.3 is 10.5 Å². The molecule has 1 fully saturated rings. The molecule has 1 unspecified atom stereocenters. The first kappa shape index (κ1) is 13.3. The van der Waals surface area contributed by atoms with Crippen molar-refractivity contribution in [3.8, 4) is 5.75 Å². The minimum atomic E-state index is -0.0165. The van der Waals surface area contributed by atoms with Crippen molar-refractivity contribution in [3.05, 3.63) is 27.8 Å². The van der Waals surface area contributed by atoms with Crippen LogP contribution in [0.1, 0.15) is 61.3 Å². The lowest BCUT2D eigenvalue weighted by atomic mass is 9.76. The Morgan fingerprint density at radius 3 is 2.63 bits per heavy atom. The first-order valence-corrected chi connectivity index (χ1v) is 7.64. The van der Waals surface area contributed by atoms with Gasteiger partial charge in [0.05, 0.1) is 0 Å². The Labute approximate surface area is 120 Å². The Hall–Kier alpha value is -0.730. The maximum absolute atomic E-state index is 6.43. The molecule has 3 rings (SSSR count). The van der Waals surface area contributed by atoms with Crippen LogP contribution < -0.4 is 10.5 Å². The number of rotatable bonds is 0. The number of aryl methyl sites for hydroxylation is 1. The summed E-state index contributed by atoms with van der Waals surface area (Å²) in [5, 5.41) is 0.831. The van der Waals surface area contributed by atoms with Crippen LogP contribution in [0.25, 0.3) is 0 Å². The fourth-order valence-corrected chi connectivity index (χ4v) is 3.92. The highest BCUT2D eigenvalue weighted by molar-refractivity contribution is 6.32. The van der Waals surface area contributed by atoms with Crippen molar-refractivity contribution >= 4 is 11.6 Å². The molecule has 1 aromatic rings. The van der Waals surface area contributed by atoms with Gasteiger partial charge in [0.2, 0.25) is 0 Å². The largest absolute Gasteiger partial charge is 0.487 e. The van der Waals surface area contributed by atoms with E-state index in [1.807, 2.05) is 6.92 Å². The summed E-state index contributed by atoms with van der Waals surface area (Å²) >= 11 is 6.35. The monoisotopic (exact) mass is 279 g/mol. The van der Waals surface area contributed by atoms with Crippen LogP contribution in [0.4, 0.5) is 0 Å². The summed E-state index contributed by atoms with van der Waals surface area (Å²) in [7, 11) is 0. The van der Waals surface area contributed by atoms with E-state index in [2.05, 4.69) is 13.0 Å². The molecule has 1 aliphatic carbocycles. The van der Waals surface area contributed by atoms with Crippen molar-refractivity contribution in [2.45, 2.75) is 64.0 Å². The summed E-state index contributed by atoms with van der Waals surface area (Å²) in [5.41, 5.74) is 9.71. The molecule has 19 heavy (non-hydrogen) atoms. The maximum Gasteiger partial charge on any atom is 0.125 e. The van der Waals surface area contributed by atoms with Crippen LogP contribution in [-0.2, 0) is 0 Å². The standard InChI is InChI=1S/C16H22ClNO/c1-10-8-13-14(11(2)15(10)17)12(18)9-16(19-13)6-4-3-5-7-16/h8,12H,3-7,9,18H2,1-2H3. The number of benzene rings is 1. The Morgan fingerprint density at radius 2 is 1.95 bits per heavy atom. The molecule has 0 aromatic heterocycles. The summed E-state index contributed by atoms with van der Waals surface area (Å²) in [6.45, 7) is 4.09. The van der Waals surface area contributed by atoms with Gasteiger partial charge in [0.1, 0.15) is 11.4 Å². The average Bonchev–Trinajstić information content (AvgIpc) is 2.36. The van der Waals surface area contributed by atoms with Crippen molar-refractivity contribution in [1.29, 1.82) is 0 Å². The zero-order chi connectivity index (χ0) is 13.6. The van der Waals surface area contributed by atoms with Crippen molar-refractivity contribution < 1.29 is 4.74 Å². The van der Waals surface area contributed by atoms with Crippen LogP contribution in [0, 0.1) is 13.8 Å². The van der Waals surface area contributed by atoms with E-state index in [4.69, 9.17) is 22.1 Å². The van der Waals surface area contributed by atoms with Gasteiger partial charge in [-0.1, -0.05) is 18.0 Å². The highest BCUT2D eigenvalue weighted by Gasteiger charge is 2.41. The predicted molar refractivity (Wildman–Crippen MR) is 78.9 cm³/mol. The molecule has 2 N–H and O–H groups in total. The molecule has 0 saturated heterocycles. The van der Waals surface area contributed by atoms with Gasteiger partial charge in [-0.2, -0.15) is 0 Å². The van der Waals surface area contributed by atoms with Crippen LogP contribution in [0.2, 0.25) is 5.02 Å². The van der Waals surface area contributed by atoms with E-state index in [-0.39, 0.29) is 11.6 Å². The van der Waals surface area contributed by atoms with Gasteiger partial charge in [-0.3, -0.25) is 0 Å². The van der Waals surface area contributed by atoms with E-state index in [0.717, 1.165) is 46.7 Å². The first-order chi connectivity index (χ1) is 9.02. The highest BCUT2D eigenvalue weighted by Crippen LogP contribution is 2.48. The number of ether oxygens (including phenoxy) is 1. The van der Waals surface area contributed by atoms with Crippen LogP contribution in [-0.4, -0.2) is 5.60 Å². The molecule has 3 heteroatoms. The quantitative estimate of drug-likeness (QED) is 0.762. The Morgan fingerprint density at radius 1 is 1.26 bits per heavy atom.